The van der Waals surface area contributed by atoms with Crippen LogP contribution in [0.5, 0.6) is 0 Å². The Bertz CT molecular complexity index is 1050. The van der Waals surface area contributed by atoms with Gasteiger partial charge < -0.3 is 10.2 Å². The zero-order valence-corrected chi connectivity index (χ0v) is 18.0. The van der Waals surface area contributed by atoms with Gasteiger partial charge in [0.2, 0.25) is 11.8 Å². The van der Waals surface area contributed by atoms with Gasteiger partial charge in [-0.05, 0) is 56.0 Å². The van der Waals surface area contributed by atoms with Crippen molar-refractivity contribution in [1.29, 1.82) is 0 Å². The maximum Gasteiger partial charge on any atom is 0.433 e. The smallest absolute Gasteiger partial charge is 0.355 e. The molecule has 6 nitrogen and oxygen atoms in total. The molecule has 1 N–H and O–H groups in total. The zero-order valence-electron chi connectivity index (χ0n) is 18.0. The summed E-state index contributed by atoms with van der Waals surface area (Å²) < 4.78 is 39.5. The highest BCUT2D eigenvalue weighted by molar-refractivity contribution is 6.00. The van der Waals surface area contributed by atoms with E-state index in [1.807, 2.05) is 32.0 Å². The van der Waals surface area contributed by atoms with Crippen LogP contribution in [0.3, 0.4) is 0 Å². The summed E-state index contributed by atoms with van der Waals surface area (Å²) in [6.07, 6.45) is -2.68. The highest BCUT2D eigenvalue weighted by Crippen LogP contribution is 2.40. The highest BCUT2D eigenvalue weighted by Gasteiger charge is 2.37. The molecule has 170 valence electrons. The number of hydrogen-bond donors (Lipinski definition) is 1. The summed E-state index contributed by atoms with van der Waals surface area (Å²) in [5.74, 6) is -0.786. The fourth-order valence-corrected chi connectivity index (χ4v) is 3.83. The van der Waals surface area contributed by atoms with E-state index in [2.05, 4.69) is 15.3 Å². The van der Waals surface area contributed by atoms with E-state index in [-0.39, 0.29) is 49.5 Å². The minimum absolute atomic E-state index is 0.0633. The number of aromatic nitrogens is 2. The lowest BCUT2D eigenvalue weighted by molar-refractivity contribution is -0.141. The summed E-state index contributed by atoms with van der Waals surface area (Å²) in [5.41, 5.74) is 2.42. The lowest BCUT2D eigenvalue weighted by Gasteiger charge is -2.18. The Hall–Kier alpha value is -2.97. The summed E-state index contributed by atoms with van der Waals surface area (Å²) in [4.78, 5) is 34.5. The number of halogens is 3. The van der Waals surface area contributed by atoms with Crippen molar-refractivity contribution in [3.63, 3.8) is 0 Å². The average Bonchev–Trinajstić information content (AvgIpc) is 3.51. The largest absolute Gasteiger partial charge is 0.433 e. The Morgan fingerprint density at radius 2 is 1.91 bits per heavy atom. The van der Waals surface area contributed by atoms with Crippen LogP contribution in [0.4, 0.5) is 18.9 Å². The van der Waals surface area contributed by atoms with Crippen molar-refractivity contribution in [2.24, 2.45) is 5.92 Å². The average molecular weight is 446 g/mol. The predicted molar refractivity (Wildman–Crippen MR) is 112 cm³/mol. The van der Waals surface area contributed by atoms with Crippen LogP contribution in [0, 0.1) is 19.8 Å². The lowest BCUT2D eigenvalue weighted by Crippen LogP contribution is -2.34. The van der Waals surface area contributed by atoms with Crippen LogP contribution in [0.25, 0.3) is 0 Å². The number of alkyl halides is 3. The minimum atomic E-state index is -4.54. The van der Waals surface area contributed by atoms with Gasteiger partial charge in [0.25, 0.3) is 0 Å². The molecule has 0 unspecified atom stereocenters. The van der Waals surface area contributed by atoms with Crippen LogP contribution in [0.2, 0.25) is 0 Å². The van der Waals surface area contributed by atoms with E-state index in [0.29, 0.717) is 5.69 Å². The van der Waals surface area contributed by atoms with Crippen molar-refractivity contribution in [2.45, 2.75) is 51.6 Å². The molecule has 2 amide bonds. The van der Waals surface area contributed by atoms with Crippen molar-refractivity contribution in [2.75, 3.05) is 18.0 Å². The summed E-state index contributed by atoms with van der Waals surface area (Å²) in [6.45, 7) is 4.34. The molecule has 2 fully saturated rings. The molecule has 2 aromatic rings. The Kier molecular flexibility index (Phi) is 5.92. The molecule has 1 atom stereocenters. The van der Waals surface area contributed by atoms with E-state index in [1.165, 1.54) is 0 Å². The number of anilines is 1. The Morgan fingerprint density at radius 1 is 1.16 bits per heavy atom. The van der Waals surface area contributed by atoms with Gasteiger partial charge >= 0.3 is 6.18 Å². The maximum absolute atomic E-state index is 13.2. The van der Waals surface area contributed by atoms with Gasteiger partial charge in [-0.25, -0.2) is 9.97 Å². The number of aryl methyl sites for hydroxylation is 2. The van der Waals surface area contributed by atoms with Crippen LogP contribution in [0.15, 0.2) is 24.3 Å². The van der Waals surface area contributed by atoms with Gasteiger partial charge in [-0.1, -0.05) is 6.07 Å². The van der Waals surface area contributed by atoms with Gasteiger partial charge in [0.15, 0.2) is 0 Å². The van der Waals surface area contributed by atoms with Crippen molar-refractivity contribution in [1.82, 2.24) is 15.3 Å². The van der Waals surface area contributed by atoms with E-state index in [4.69, 9.17) is 0 Å². The van der Waals surface area contributed by atoms with Crippen molar-refractivity contribution in [3.05, 3.63) is 52.6 Å². The van der Waals surface area contributed by atoms with E-state index < -0.39 is 17.8 Å². The molecule has 1 aliphatic carbocycles. The first-order valence-corrected chi connectivity index (χ1v) is 10.7. The maximum atomic E-state index is 13.2. The van der Waals surface area contributed by atoms with Gasteiger partial charge in [-0.2, -0.15) is 13.2 Å². The van der Waals surface area contributed by atoms with Crippen molar-refractivity contribution >= 4 is 17.5 Å². The summed E-state index contributed by atoms with van der Waals surface area (Å²) >= 11 is 0. The van der Waals surface area contributed by atoms with Gasteiger partial charge in [-0.3, -0.25) is 9.59 Å². The molecule has 0 spiro atoms. The molecule has 2 aliphatic rings. The Balaban J connectivity index is 1.36. The molecule has 1 aromatic carbocycles. The molecule has 4 rings (SSSR count). The molecular formula is C23H25F3N4O2. The van der Waals surface area contributed by atoms with Crippen LogP contribution < -0.4 is 10.2 Å². The SMILES string of the molecule is Cc1ccc(N2C[C@@H](C(=O)NCCc3nc(C4CC4)cc(C(F)(F)F)n3)CC2=O)cc1C. The number of carbonyl (C=O) groups excluding carboxylic acids is 2. The number of hydrogen-bond acceptors (Lipinski definition) is 4. The van der Waals surface area contributed by atoms with Crippen LogP contribution >= 0.6 is 0 Å². The normalized spacial score (nSPS) is 18.8. The minimum Gasteiger partial charge on any atom is -0.355 e. The quantitative estimate of drug-likeness (QED) is 0.734. The highest BCUT2D eigenvalue weighted by atomic mass is 19.4. The molecule has 1 aromatic heterocycles. The van der Waals surface area contributed by atoms with E-state index in [1.54, 1.807) is 4.90 Å². The molecular weight excluding hydrogens is 421 g/mol. The fraction of sp³-hybridized carbons (Fsp3) is 0.478. The van der Waals surface area contributed by atoms with Gasteiger partial charge in [-0.15, -0.1) is 0 Å². The van der Waals surface area contributed by atoms with Crippen molar-refractivity contribution in [3.8, 4) is 0 Å². The lowest BCUT2D eigenvalue weighted by atomic mass is 10.1. The molecule has 0 bridgehead atoms. The van der Waals surface area contributed by atoms with Crippen LogP contribution in [-0.4, -0.2) is 34.9 Å². The number of nitrogens with zero attached hydrogens (tertiary/aromatic N) is 3. The number of nitrogens with one attached hydrogen (secondary N) is 1. The second kappa shape index (κ2) is 8.52. The molecule has 1 aliphatic heterocycles. The number of amides is 2. The third-order valence-electron chi connectivity index (χ3n) is 6.02. The Labute approximate surface area is 184 Å². The number of rotatable bonds is 6. The standard InChI is InChI=1S/C23H25F3N4O2/c1-13-3-6-17(9-14(13)2)30-12-16(10-21(30)31)22(32)27-8-7-20-28-18(15-4-5-15)11-19(29-20)23(24,25)26/h3,6,9,11,15-16H,4-5,7-8,10,12H2,1-2H3,(H,27,32)/t16-/m0/s1. The third-order valence-corrected chi connectivity index (χ3v) is 6.02. The Morgan fingerprint density at radius 3 is 2.56 bits per heavy atom. The molecule has 1 saturated carbocycles. The first kappa shape index (κ1) is 22.2. The van der Waals surface area contributed by atoms with Gasteiger partial charge in [0.1, 0.15) is 11.5 Å². The van der Waals surface area contributed by atoms with E-state index in [0.717, 1.165) is 35.7 Å². The summed E-state index contributed by atoms with van der Waals surface area (Å²) in [5, 5.41) is 2.73. The first-order chi connectivity index (χ1) is 15.1. The first-order valence-electron chi connectivity index (χ1n) is 10.7. The third kappa shape index (κ3) is 4.92. The van der Waals surface area contributed by atoms with E-state index in [9.17, 15) is 22.8 Å². The van der Waals surface area contributed by atoms with E-state index >= 15 is 0 Å². The molecule has 9 heteroatoms. The zero-order chi connectivity index (χ0) is 23.0. The number of benzene rings is 1. The summed E-state index contributed by atoms with van der Waals surface area (Å²) in [7, 11) is 0. The monoisotopic (exact) mass is 446 g/mol. The van der Waals surface area contributed by atoms with Crippen LogP contribution in [-0.2, 0) is 22.2 Å². The molecule has 0 radical (unpaired) electrons. The number of carbonyl (C=O) groups is 2. The predicted octanol–water partition coefficient (Wildman–Crippen LogP) is 3.70. The van der Waals surface area contributed by atoms with Gasteiger partial charge in [0.05, 0.1) is 5.92 Å². The molecule has 1 saturated heterocycles. The second-order valence-corrected chi connectivity index (χ2v) is 8.58. The van der Waals surface area contributed by atoms with Crippen LogP contribution in [0.1, 0.15) is 53.5 Å². The van der Waals surface area contributed by atoms with Crippen molar-refractivity contribution < 1.29 is 22.8 Å². The topological polar surface area (TPSA) is 75.2 Å². The second-order valence-electron chi connectivity index (χ2n) is 8.58. The summed E-state index contributed by atoms with van der Waals surface area (Å²) in [6, 6.07) is 6.75. The fourth-order valence-electron chi connectivity index (χ4n) is 3.83. The molecule has 2 heterocycles. The molecule has 32 heavy (non-hydrogen) atoms. The van der Waals surface area contributed by atoms with Gasteiger partial charge in [0, 0.05) is 43.2 Å².